The smallest absolute Gasteiger partial charge is 0.320 e. The number of carbonyl (C=O) groups excluding carboxylic acids is 2. The molecule has 0 N–H and O–H groups in total. The molecule has 0 bridgehead atoms. The first-order valence-corrected chi connectivity index (χ1v) is 9.26. The molecular formula is C20H28N2O3. The lowest BCUT2D eigenvalue weighted by atomic mass is 9.79. The number of aryl methyl sites for hydroxylation is 1. The van der Waals surface area contributed by atoms with Crippen LogP contribution in [-0.2, 0) is 9.53 Å². The van der Waals surface area contributed by atoms with Crippen molar-refractivity contribution < 1.29 is 14.3 Å². The van der Waals surface area contributed by atoms with E-state index in [2.05, 4.69) is 4.90 Å². The Labute approximate surface area is 149 Å². The van der Waals surface area contributed by atoms with E-state index in [0.29, 0.717) is 13.2 Å². The highest BCUT2D eigenvalue weighted by molar-refractivity contribution is 5.95. The first-order chi connectivity index (χ1) is 12.0. The molecule has 0 aromatic heterocycles. The number of hydrogen-bond acceptors (Lipinski definition) is 4. The largest absolute Gasteiger partial charge is 0.465 e. The van der Waals surface area contributed by atoms with E-state index < -0.39 is 0 Å². The molecule has 5 nitrogen and oxygen atoms in total. The van der Waals surface area contributed by atoms with Crippen molar-refractivity contribution >= 4 is 11.9 Å². The van der Waals surface area contributed by atoms with Gasteiger partial charge in [0, 0.05) is 30.6 Å². The summed E-state index contributed by atoms with van der Waals surface area (Å²) in [5.74, 6) is -0.00998. The Balaban J connectivity index is 1.64. The van der Waals surface area contributed by atoms with Gasteiger partial charge in [-0.3, -0.25) is 14.5 Å². The second kappa shape index (κ2) is 7.56. The van der Waals surface area contributed by atoms with Gasteiger partial charge in [-0.25, -0.2) is 0 Å². The lowest BCUT2D eigenvalue weighted by molar-refractivity contribution is -0.144. The number of amides is 1. The fourth-order valence-corrected chi connectivity index (χ4v) is 4.25. The number of esters is 1. The minimum absolute atomic E-state index is 0.128. The standard InChI is InChI=1S/C20H28N2O3/c1-3-25-18(23)13-21-12-10-20(14-21)9-6-11-22(15-20)19(24)17-8-5-4-7-16(17)2/h4-5,7-8H,3,6,9-15H2,1-2H3/t20-/m1/s1. The number of nitrogens with zero attached hydrogens (tertiary/aromatic N) is 2. The molecular weight excluding hydrogens is 316 g/mol. The summed E-state index contributed by atoms with van der Waals surface area (Å²) in [6.07, 6.45) is 3.21. The molecule has 2 fully saturated rings. The van der Waals surface area contributed by atoms with Gasteiger partial charge in [0.15, 0.2) is 0 Å². The summed E-state index contributed by atoms with van der Waals surface area (Å²) in [6, 6.07) is 7.80. The molecule has 0 unspecified atom stereocenters. The van der Waals surface area contributed by atoms with Crippen LogP contribution in [0.25, 0.3) is 0 Å². The molecule has 1 amide bonds. The second-order valence-electron chi connectivity index (χ2n) is 7.41. The Morgan fingerprint density at radius 3 is 2.72 bits per heavy atom. The molecule has 1 atom stereocenters. The third-order valence-corrected chi connectivity index (χ3v) is 5.50. The molecule has 25 heavy (non-hydrogen) atoms. The van der Waals surface area contributed by atoms with Crippen LogP contribution in [0.2, 0.25) is 0 Å². The molecule has 0 aliphatic carbocycles. The van der Waals surface area contributed by atoms with Gasteiger partial charge >= 0.3 is 5.97 Å². The van der Waals surface area contributed by atoms with E-state index >= 15 is 0 Å². The van der Waals surface area contributed by atoms with Crippen LogP contribution in [0.4, 0.5) is 0 Å². The minimum atomic E-state index is -0.150. The van der Waals surface area contributed by atoms with Gasteiger partial charge < -0.3 is 9.64 Å². The van der Waals surface area contributed by atoms with Crippen LogP contribution >= 0.6 is 0 Å². The summed E-state index contributed by atoms with van der Waals surface area (Å²) in [7, 11) is 0. The van der Waals surface area contributed by atoms with Crippen LogP contribution < -0.4 is 0 Å². The van der Waals surface area contributed by atoms with Crippen molar-refractivity contribution in [1.29, 1.82) is 0 Å². The van der Waals surface area contributed by atoms with Crippen LogP contribution in [-0.4, -0.2) is 61.0 Å². The predicted molar refractivity (Wildman–Crippen MR) is 96.4 cm³/mol. The molecule has 2 heterocycles. The average Bonchev–Trinajstić information content (AvgIpc) is 2.96. The first kappa shape index (κ1) is 17.9. The van der Waals surface area contributed by atoms with E-state index in [4.69, 9.17) is 4.74 Å². The fraction of sp³-hybridized carbons (Fsp3) is 0.600. The maximum Gasteiger partial charge on any atom is 0.320 e. The third-order valence-electron chi connectivity index (χ3n) is 5.50. The fourth-order valence-electron chi connectivity index (χ4n) is 4.25. The summed E-state index contributed by atoms with van der Waals surface area (Å²) in [4.78, 5) is 28.9. The Kier molecular flexibility index (Phi) is 5.42. The maximum atomic E-state index is 12.9. The number of rotatable bonds is 4. The molecule has 1 aromatic rings. The van der Waals surface area contributed by atoms with Gasteiger partial charge in [-0.2, -0.15) is 0 Å². The molecule has 2 aliphatic heterocycles. The number of hydrogen-bond donors (Lipinski definition) is 0. The highest BCUT2D eigenvalue weighted by Crippen LogP contribution is 2.39. The first-order valence-electron chi connectivity index (χ1n) is 9.26. The predicted octanol–water partition coefficient (Wildman–Crippen LogP) is 2.49. The van der Waals surface area contributed by atoms with Crippen molar-refractivity contribution in [3.05, 3.63) is 35.4 Å². The van der Waals surface area contributed by atoms with Crippen molar-refractivity contribution in [2.75, 3.05) is 39.3 Å². The highest BCUT2D eigenvalue weighted by atomic mass is 16.5. The Bertz CT molecular complexity index is 646. The average molecular weight is 344 g/mol. The van der Waals surface area contributed by atoms with Crippen molar-refractivity contribution in [2.24, 2.45) is 5.41 Å². The molecule has 1 spiro atoms. The molecule has 0 radical (unpaired) electrons. The third kappa shape index (κ3) is 4.03. The minimum Gasteiger partial charge on any atom is -0.465 e. The summed E-state index contributed by atoms with van der Waals surface area (Å²) in [5, 5.41) is 0. The topological polar surface area (TPSA) is 49.9 Å². The highest BCUT2D eigenvalue weighted by Gasteiger charge is 2.43. The van der Waals surface area contributed by atoms with Gasteiger partial charge in [0.1, 0.15) is 0 Å². The summed E-state index contributed by atoms with van der Waals surface area (Å²) in [6.45, 7) is 8.02. The van der Waals surface area contributed by atoms with Gasteiger partial charge in [-0.15, -0.1) is 0 Å². The molecule has 0 saturated carbocycles. The second-order valence-corrected chi connectivity index (χ2v) is 7.41. The van der Waals surface area contributed by atoms with Gasteiger partial charge in [-0.1, -0.05) is 18.2 Å². The number of likely N-dealkylation sites (tertiary alicyclic amines) is 2. The lowest BCUT2D eigenvalue weighted by Gasteiger charge is -2.40. The van der Waals surface area contributed by atoms with E-state index in [-0.39, 0.29) is 17.3 Å². The maximum absolute atomic E-state index is 12.9. The number of piperidine rings is 1. The van der Waals surface area contributed by atoms with Crippen LogP contribution in [0.15, 0.2) is 24.3 Å². The van der Waals surface area contributed by atoms with Gasteiger partial charge in [0.2, 0.25) is 0 Å². The summed E-state index contributed by atoms with van der Waals surface area (Å²) >= 11 is 0. The Hall–Kier alpha value is -1.88. The zero-order valence-electron chi connectivity index (χ0n) is 15.3. The number of ether oxygens (including phenoxy) is 1. The molecule has 5 heteroatoms. The van der Waals surface area contributed by atoms with Gasteiger partial charge in [0.05, 0.1) is 13.2 Å². The monoisotopic (exact) mass is 344 g/mol. The van der Waals surface area contributed by atoms with E-state index in [9.17, 15) is 9.59 Å². The van der Waals surface area contributed by atoms with Crippen LogP contribution in [0.3, 0.4) is 0 Å². The Morgan fingerprint density at radius 1 is 1.16 bits per heavy atom. The van der Waals surface area contributed by atoms with Gasteiger partial charge in [0.25, 0.3) is 5.91 Å². The van der Waals surface area contributed by atoms with Gasteiger partial charge in [-0.05, 0) is 51.3 Å². The molecule has 136 valence electrons. The molecule has 2 saturated heterocycles. The van der Waals surface area contributed by atoms with Crippen molar-refractivity contribution in [3.63, 3.8) is 0 Å². The molecule has 1 aromatic carbocycles. The SMILES string of the molecule is CCOC(=O)CN1CC[C@]2(CCCN(C(=O)c3ccccc3C)C2)C1. The summed E-state index contributed by atoms with van der Waals surface area (Å²) < 4.78 is 5.06. The normalized spacial score (nSPS) is 23.8. The van der Waals surface area contributed by atoms with Crippen molar-refractivity contribution in [3.8, 4) is 0 Å². The number of benzene rings is 1. The van der Waals surface area contributed by atoms with E-state index in [0.717, 1.165) is 56.6 Å². The molecule has 3 rings (SSSR count). The van der Waals surface area contributed by atoms with E-state index in [1.807, 2.05) is 43.0 Å². The van der Waals surface area contributed by atoms with Crippen molar-refractivity contribution in [1.82, 2.24) is 9.80 Å². The van der Waals surface area contributed by atoms with Crippen LogP contribution in [0.1, 0.15) is 42.1 Å². The zero-order valence-corrected chi connectivity index (χ0v) is 15.3. The quantitative estimate of drug-likeness (QED) is 0.788. The molecule has 2 aliphatic rings. The van der Waals surface area contributed by atoms with Crippen LogP contribution in [0, 0.1) is 12.3 Å². The lowest BCUT2D eigenvalue weighted by Crippen LogP contribution is -2.47. The zero-order chi connectivity index (χ0) is 17.9. The van der Waals surface area contributed by atoms with Crippen molar-refractivity contribution in [2.45, 2.75) is 33.1 Å². The van der Waals surface area contributed by atoms with E-state index in [1.54, 1.807) is 0 Å². The van der Waals surface area contributed by atoms with Crippen LogP contribution in [0.5, 0.6) is 0 Å². The van der Waals surface area contributed by atoms with E-state index in [1.165, 1.54) is 0 Å². The summed E-state index contributed by atoms with van der Waals surface area (Å²) in [5.41, 5.74) is 1.96. The number of carbonyl (C=O) groups is 2. The Morgan fingerprint density at radius 2 is 1.96 bits per heavy atom.